The van der Waals surface area contributed by atoms with Crippen molar-refractivity contribution >= 4 is 5.91 Å². The zero-order chi connectivity index (χ0) is 13.0. The minimum atomic E-state index is -0.154. The summed E-state index contributed by atoms with van der Waals surface area (Å²) in [5.74, 6) is -0.223. The van der Waals surface area contributed by atoms with Crippen molar-refractivity contribution in [3.05, 3.63) is 24.0 Å². The highest BCUT2D eigenvalue weighted by atomic mass is 16.5. The van der Waals surface area contributed by atoms with Gasteiger partial charge in [-0.15, -0.1) is 0 Å². The number of hydrogen-bond acceptors (Lipinski definition) is 4. The van der Waals surface area contributed by atoms with E-state index < -0.39 is 0 Å². The fraction of sp³-hybridized carbons (Fsp3) is 0.538. The lowest BCUT2D eigenvalue weighted by Crippen LogP contribution is -2.36. The molecule has 0 aliphatic carbocycles. The summed E-state index contributed by atoms with van der Waals surface area (Å²) >= 11 is 0. The summed E-state index contributed by atoms with van der Waals surface area (Å²) in [7, 11) is 0. The van der Waals surface area contributed by atoms with Crippen molar-refractivity contribution in [2.75, 3.05) is 19.7 Å². The largest absolute Gasteiger partial charge is 0.505 e. The smallest absolute Gasteiger partial charge is 0.257 e. The van der Waals surface area contributed by atoms with Crippen LogP contribution in [0.4, 0.5) is 0 Å². The number of aromatic hydroxyl groups is 1. The lowest BCUT2D eigenvalue weighted by Gasteiger charge is -2.23. The van der Waals surface area contributed by atoms with Crippen LogP contribution in [0, 0.1) is 0 Å². The Labute approximate surface area is 106 Å². The zero-order valence-electron chi connectivity index (χ0n) is 10.5. The number of carbonyl (C=O) groups is 1. The molecule has 0 saturated carbocycles. The second-order valence-electron chi connectivity index (χ2n) is 4.40. The Kier molecular flexibility index (Phi) is 4.15. The molecule has 1 N–H and O–H groups in total. The van der Waals surface area contributed by atoms with E-state index in [0.29, 0.717) is 25.3 Å². The van der Waals surface area contributed by atoms with Crippen LogP contribution >= 0.6 is 0 Å². The van der Waals surface area contributed by atoms with E-state index in [1.807, 2.05) is 6.92 Å². The predicted octanol–water partition coefficient (Wildman–Crippen LogP) is 1.43. The first-order chi connectivity index (χ1) is 8.72. The molecule has 18 heavy (non-hydrogen) atoms. The van der Waals surface area contributed by atoms with Gasteiger partial charge in [0, 0.05) is 25.9 Å². The first-order valence-electron chi connectivity index (χ1n) is 6.26. The van der Waals surface area contributed by atoms with Crippen LogP contribution in [-0.4, -0.2) is 46.7 Å². The summed E-state index contributed by atoms with van der Waals surface area (Å²) in [5, 5.41) is 9.66. The van der Waals surface area contributed by atoms with Crippen molar-refractivity contribution in [2.24, 2.45) is 0 Å². The number of amides is 1. The van der Waals surface area contributed by atoms with Crippen molar-refractivity contribution in [1.82, 2.24) is 9.88 Å². The van der Waals surface area contributed by atoms with Crippen LogP contribution in [0.5, 0.6) is 5.75 Å². The van der Waals surface area contributed by atoms with Gasteiger partial charge in [-0.2, -0.15) is 0 Å². The van der Waals surface area contributed by atoms with Crippen LogP contribution < -0.4 is 0 Å². The van der Waals surface area contributed by atoms with Crippen LogP contribution in [0.2, 0.25) is 0 Å². The third kappa shape index (κ3) is 2.79. The quantitative estimate of drug-likeness (QED) is 0.862. The molecular formula is C13H18N2O3. The highest BCUT2D eigenvalue weighted by Gasteiger charge is 2.24. The van der Waals surface area contributed by atoms with E-state index in [4.69, 9.17) is 4.74 Å². The lowest BCUT2D eigenvalue weighted by atomic mass is 10.2. The summed E-state index contributed by atoms with van der Waals surface area (Å²) in [4.78, 5) is 17.8. The number of carbonyl (C=O) groups excluding carboxylic acids is 1. The first kappa shape index (κ1) is 12.8. The Balaban J connectivity index is 2.15. The first-order valence-corrected chi connectivity index (χ1v) is 6.26. The van der Waals surface area contributed by atoms with E-state index in [1.54, 1.807) is 11.0 Å². The van der Waals surface area contributed by atoms with E-state index in [9.17, 15) is 9.90 Å². The number of rotatable bonds is 2. The van der Waals surface area contributed by atoms with E-state index in [2.05, 4.69) is 4.98 Å². The van der Waals surface area contributed by atoms with Gasteiger partial charge >= 0.3 is 0 Å². The normalized spacial score (nSPS) is 20.5. The molecule has 1 amide bonds. The minimum Gasteiger partial charge on any atom is -0.505 e. The van der Waals surface area contributed by atoms with Crippen molar-refractivity contribution in [3.8, 4) is 5.75 Å². The molecular weight excluding hydrogens is 232 g/mol. The van der Waals surface area contributed by atoms with Crippen LogP contribution in [0.3, 0.4) is 0 Å². The molecule has 1 saturated heterocycles. The Hall–Kier alpha value is -1.62. The number of pyridine rings is 1. The summed E-state index contributed by atoms with van der Waals surface area (Å²) < 4.78 is 5.63. The molecule has 1 aromatic rings. The van der Waals surface area contributed by atoms with Gasteiger partial charge in [-0.25, -0.2) is 0 Å². The fourth-order valence-corrected chi connectivity index (χ4v) is 2.06. The second-order valence-corrected chi connectivity index (χ2v) is 4.40. The summed E-state index contributed by atoms with van der Waals surface area (Å²) in [6.07, 6.45) is 4.60. The topological polar surface area (TPSA) is 62.7 Å². The maximum Gasteiger partial charge on any atom is 0.257 e. The Morgan fingerprint density at radius 3 is 3.22 bits per heavy atom. The molecule has 0 spiro atoms. The molecule has 1 aliphatic heterocycles. The summed E-state index contributed by atoms with van der Waals surface area (Å²) in [6, 6.07) is 1.55. The van der Waals surface area contributed by atoms with Crippen LogP contribution in [0.25, 0.3) is 0 Å². The SMILES string of the molecule is CCC1CN(C(=O)c2ccncc2O)CCCO1. The molecule has 5 nitrogen and oxygen atoms in total. The van der Waals surface area contributed by atoms with Gasteiger partial charge in [-0.3, -0.25) is 9.78 Å². The van der Waals surface area contributed by atoms with Gasteiger partial charge in [0.05, 0.1) is 17.9 Å². The Bertz CT molecular complexity index is 422. The molecule has 5 heteroatoms. The van der Waals surface area contributed by atoms with Gasteiger partial charge in [0.25, 0.3) is 5.91 Å². The van der Waals surface area contributed by atoms with Gasteiger partial charge in [0.1, 0.15) is 5.75 Å². The van der Waals surface area contributed by atoms with Gasteiger partial charge in [-0.1, -0.05) is 6.92 Å². The number of hydrogen-bond donors (Lipinski definition) is 1. The molecule has 0 aromatic carbocycles. The van der Waals surface area contributed by atoms with Gasteiger partial charge < -0.3 is 14.7 Å². The molecule has 2 heterocycles. The molecule has 1 aliphatic rings. The number of aromatic nitrogens is 1. The zero-order valence-corrected chi connectivity index (χ0v) is 10.5. The Morgan fingerprint density at radius 1 is 1.67 bits per heavy atom. The molecule has 98 valence electrons. The molecule has 1 aromatic heterocycles. The Morgan fingerprint density at radius 2 is 2.50 bits per heavy atom. The van der Waals surface area contributed by atoms with Crippen molar-refractivity contribution < 1.29 is 14.6 Å². The molecule has 1 fully saturated rings. The van der Waals surface area contributed by atoms with Crippen LogP contribution in [0.15, 0.2) is 18.5 Å². The predicted molar refractivity (Wildman–Crippen MR) is 66.5 cm³/mol. The van der Waals surface area contributed by atoms with Crippen LogP contribution in [0.1, 0.15) is 30.1 Å². The molecule has 0 radical (unpaired) electrons. The lowest BCUT2D eigenvalue weighted by molar-refractivity contribution is 0.0459. The number of ether oxygens (including phenoxy) is 1. The fourth-order valence-electron chi connectivity index (χ4n) is 2.06. The van der Waals surface area contributed by atoms with E-state index in [0.717, 1.165) is 12.8 Å². The minimum absolute atomic E-state index is 0.0688. The monoisotopic (exact) mass is 250 g/mol. The maximum atomic E-state index is 12.3. The van der Waals surface area contributed by atoms with E-state index in [1.165, 1.54) is 12.4 Å². The van der Waals surface area contributed by atoms with Gasteiger partial charge in [0.2, 0.25) is 0 Å². The number of nitrogens with zero attached hydrogens (tertiary/aromatic N) is 2. The van der Waals surface area contributed by atoms with Crippen molar-refractivity contribution in [2.45, 2.75) is 25.9 Å². The van der Waals surface area contributed by atoms with E-state index in [-0.39, 0.29) is 17.8 Å². The molecule has 2 rings (SSSR count). The van der Waals surface area contributed by atoms with E-state index >= 15 is 0 Å². The van der Waals surface area contributed by atoms with Gasteiger partial charge in [-0.05, 0) is 18.9 Å². The third-order valence-electron chi connectivity index (χ3n) is 3.12. The summed E-state index contributed by atoms with van der Waals surface area (Å²) in [5.41, 5.74) is 0.307. The molecule has 1 atom stereocenters. The maximum absolute atomic E-state index is 12.3. The standard InChI is InChI=1S/C13H18N2O3/c1-2-10-9-15(6-3-7-18-10)13(17)11-4-5-14-8-12(11)16/h4-5,8,10,16H,2-3,6-7,9H2,1H3. The highest BCUT2D eigenvalue weighted by Crippen LogP contribution is 2.18. The average Bonchev–Trinajstić information content (AvgIpc) is 2.64. The molecule has 0 bridgehead atoms. The summed E-state index contributed by atoms with van der Waals surface area (Å²) in [6.45, 7) is 3.97. The third-order valence-corrected chi connectivity index (χ3v) is 3.12. The van der Waals surface area contributed by atoms with Crippen LogP contribution in [-0.2, 0) is 4.74 Å². The average molecular weight is 250 g/mol. The van der Waals surface area contributed by atoms with Crippen molar-refractivity contribution in [1.29, 1.82) is 0 Å². The second kappa shape index (κ2) is 5.82. The van der Waals surface area contributed by atoms with Gasteiger partial charge in [0.15, 0.2) is 0 Å². The highest BCUT2D eigenvalue weighted by molar-refractivity contribution is 5.96. The van der Waals surface area contributed by atoms with Crippen molar-refractivity contribution in [3.63, 3.8) is 0 Å². The molecule has 1 unspecified atom stereocenters.